The van der Waals surface area contributed by atoms with Gasteiger partial charge in [0.2, 0.25) is 10.0 Å². The maximum atomic E-state index is 12.6. The Morgan fingerprint density at radius 2 is 1.95 bits per heavy atom. The summed E-state index contributed by atoms with van der Waals surface area (Å²) in [6, 6.07) is 14.2. The van der Waals surface area contributed by atoms with E-state index in [1.165, 1.54) is 4.31 Å². The first kappa shape index (κ1) is 15.5. The standard InChI is InChI=1S/C17H21NO3S/c1-18(22(19,20)17-7-4-10-21-13-17)12-14-8-9-15-5-2-3-6-16(15)11-14/h2-3,5-6,8-9,11,17H,4,7,10,12-13H2,1H3/t17-/m1/s1. The minimum absolute atomic E-state index is 0.310. The molecule has 0 radical (unpaired) electrons. The lowest BCUT2D eigenvalue weighted by Crippen LogP contribution is -2.40. The van der Waals surface area contributed by atoms with Gasteiger partial charge in [0.1, 0.15) is 0 Å². The summed E-state index contributed by atoms with van der Waals surface area (Å²) in [6.45, 7) is 1.37. The lowest BCUT2D eigenvalue weighted by molar-refractivity contribution is 0.0976. The predicted octanol–water partition coefficient (Wildman–Crippen LogP) is 2.78. The molecule has 118 valence electrons. The number of sulfonamides is 1. The Morgan fingerprint density at radius 1 is 1.18 bits per heavy atom. The molecule has 4 nitrogen and oxygen atoms in total. The molecule has 1 heterocycles. The van der Waals surface area contributed by atoms with Gasteiger partial charge in [-0.25, -0.2) is 12.7 Å². The summed E-state index contributed by atoms with van der Waals surface area (Å²) in [5.74, 6) is 0. The van der Waals surface area contributed by atoms with E-state index in [4.69, 9.17) is 4.74 Å². The van der Waals surface area contributed by atoms with Crippen LogP contribution in [0, 0.1) is 0 Å². The number of hydrogen-bond donors (Lipinski definition) is 0. The molecule has 0 N–H and O–H groups in total. The molecule has 2 aromatic rings. The molecule has 5 heteroatoms. The molecule has 1 aliphatic heterocycles. The summed E-state index contributed by atoms with van der Waals surface area (Å²) in [5, 5.41) is 1.89. The maximum absolute atomic E-state index is 12.6. The Hall–Kier alpha value is -1.43. The monoisotopic (exact) mass is 319 g/mol. The summed E-state index contributed by atoms with van der Waals surface area (Å²) in [6.07, 6.45) is 1.50. The highest BCUT2D eigenvalue weighted by Crippen LogP contribution is 2.21. The van der Waals surface area contributed by atoms with Gasteiger partial charge in [0.05, 0.1) is 11.9 Å². The molecule has 3 rings (SSSR count). The highest BCUT2D eigenvalue weighted by molar-refractivity contribution is 7.89. The van der Waals surface area contributed by atoms with Gasteiger partial charge in [-0.15, -0.1) is 0 Å². The SMILES string of the molecule is CN(Cc1ccc2ccccc2c1)S(=O)(=O)[C@@H]1CCCOC1. The van der Waals surface area contributed by atoms with E-state index in [0.29, 0.717) is 26.2 Å². The van der Waals surface area contributed by atoms with Gasteiger partial charge < -0.3 is 4.74 Å². The zero-order valence-corrected chi connectivity index (χ0v) is 13.6. The molecule has 0 aromatic heterocycles. The first-order valence-corrected chi connectivity index (χ1v) is 9.08. The molecule has 2 aromatic carbocycles. The van der Waals surface area contributed by atoms with Crippen LogP contribution in [0.5, 0.6) is 0 Å². The molecule has 0 amide bonds. The Balaban J connectivity index is 1.78. The van der Waals surface area contributed by atoms with Crippen molar-refractivity contribution in [3.05, 3.63) is 48.0 Å². The summed E-state index contributed by atoms with van der Waals surface area (Å²) in [5.41, 5.74) is 1.00. The normalized spacial score (nSPS) is 19.6. The van der Waals surface area contributed by atoms with Crippen molar-refractivity contribution in [1.82, 2.24) is 4.31 Å². The third-order valence-electron chi connectivity index (χ3n) is 4.19. The Morgan fingerprint density at radius 3 is 2.68 bits per heavy atom. The van der Waals surface area contributed by atoms with Crippen molar-refractivity contribution < 1.29 is 13.2 Å². The van der Waals surface area contributed by atoms with Gasteiger partial charge in [-0.1, -0.05) is 36.4 Å². The van der Waals surface area contributed by atoms with E-state index in [0.717, 1.165) is 22.8 Å². The van der Waals surface area contributed by atoms with Crippen molar-refractivity contribution in [3.63, 3.8) is 0 Å². The van der Waals surface area contributed by atoms with E-state index >= 15 is 0 Å². The third kappa shape index (κ3) is 3.16. The minimum atomic E-state index is -3.31. The van der Waals surface area contributed by atoms with Gasteiger partial charge in [-0.2, -0.15) is 0 Å². The summed E-state index contributed by atoms with van der Waals surface area (Å²) < 4.78 is 32.0. The van der Waals surface area contributed by atoms with Crippen molar-refractivity contribution in [2.75, 3.05) is 20.3 Å². The van der Waals surface area contributed by atoms with E-state index in [1.54, 1.807) is 7.05 Å². The third-order valence-corrected chi connectivity index (χ3v) is 6.41. The highest BCUT2D eigenvalue weighted by atomic mass is 32.2. The molecule has 1 atom stereocenters. The van der Waals surface area contributed by atoms with Gasteiger partial charge in [-0.3, -0.25) is 0 Å². The van der Waals surface area contributed by atoms with Crippen molar-refractivity contribution in [1.29, 1.82) is 0 Å². The van der Waals surface area contributed by atoms with E-state index in [-0.39, 0.29) is 0 Å². The Labute approximate surface area is 131 Å². The lowest BCUT2D eigenvalue weighted by atomic mass is 10.1. The van der Waals surface area contributed by atoms with E-state index in [2.05, 4.69) is 12.1 Å². The molecule has 0 unspecified atom stereocenters. The zero-order valence-electron chi connectivity index (χ0n) is 12.7. The molecule has 1 aliphatic rings. The molecular formula is C17H21NO3S. The summed E-state index contributed by atoms with van der Waals surface area (Å²) in [4.78, 5) is 0. The molecular weight excluding hydrogens is 298 g/mol. The predicted molar refractivity (Wildman–Crippen MR) is 88.2 cm³/mol. The first-order chi connectivity index (χ1) is 10.6. The topological polar surface area (TPSA) is 46.6 Å². The van der Waals surface area contributed by atoms with Crippen LogP contribution >= 0.6 is 0 Å². The van der Waals surface area contributed by atoms with Crippen LogP contribution in [0.3, 0.4) is 0 Å². The van der Waals surface area contributed by atoms with Gasteiger partial charge in [0.25, 0.3) is 0 Å². The molecule has 1 saturated heterocycles. The number of fused-ring (bicyclic) bond motifs is 1. The number of ether oxygens (including phenoxy) is 1. The largest absolute Gasteiger partial charge is 0.380 e. The maximum Gasteiger partial charge on any atom is 0.219 e. The van der Waals surface area contributed by atoms with Crippen molar-refractivity contribution in [2.24, 2.45) is 0 Å². The zero-order chi connectivity index (χ0) is 15.6. The fourth-order valence-electron chi connectivity index (χ4n) is 2.88. The fraction of sp³-hybridized carbons (Fsp3) is 0.412. The van der Waals surface area contributed by atoms with Gasteiger partial charge in [0.15, 0.2) is 0 Å². The van der Waals surface area contributed by atoms with Crippen LogP contribution < -0.4 is 0 Å². The quantitative estimate of drug-likeness (QED) is 0.870. The smallest absolute Gasteiger partial charge is 0.219 e. The first-order valence-electron chi connectivity index (χ1n) is 7.58. The van der Waals surface area contributed by atoms with Crippen LogP contribution in [-0.4, -0.2) is 38.2 Å². The van der Waals surface area contributed by atoms with E-state index < -0.39 is 15.3 Å². The van der Waals surface area contributed by atoms with Crippen molar-refractivity contribution in [3.8, 4) is 0 Å². The van der Waals surface area contributed by atoms with Gasteiger partial charge in [0, 0.05) is 20.2 Å². The molecule has 0 saturated carbocycles. The Kier molecular flexibility index (Phi) is 4.47. The van der Waals surface area contributed by atoms with Crippen LogP contribution in [0.1, 0.15) is 18.4 Å². The van der Waals surface area contributed by atoms with Gasteiger partial charge >= 0.3 is 0 Å². The number of benzene rings is 2. The number of nitrogens with zero attached hydrogens (tertiary/aromatic N) is 1. The van der Waals surface area contributed by atoms with Crippen LogP contribution in [0.25, 0.3) is 10.8 Å². The number of rotatable bonds is 4. The molecule has 22 heavy (non-hydrogen) atoms. The van der Waals surface area contributed by atoms with Crippen LogP contribution in [0.15, 0.2) is 42.5 Å². The Bertz CT molecular complexity index is 751. The van der Waals surface area contributed by atoms with E-state index in [9.17, 15) is 8.42 Å². The van der Waals surface area contributed by atoms with Crippen LogP contribution in [0.4, 0.5) is 0 Å². The van der Waals surface area contributed by atoms with Crippen molar-refractivity contribution >= 4 is 20.8 Å². The second-order valence-corrected chi connectivity index (χ2v) is 8.14. The number of hydrogen-bond acceptors (Lipinski definition) is 3. The molecule has 0 aliphatic carbocycles. The van der Waals surface area contributed by atoms with Gasteiger partial charge in [-0.05, 0) is 35.2 Å². The van der Waals surface area contributed by atoms with Crippen LogP contribution in [-0.2, 0) is 21.3 Å². The van der Waals surface area contributed by atoms with Crippen molar-refractivity contribution in [2.45, 2.75) is 24.6 Å². The van der Waals surface area contributed by atoms with E-state index in [1.807, 2.05) is 30.3 Å². The average Bonchev–Trinajstić information content (AvgIpc) is 2.55. The molecule has 1 fully saturated rings. The average molecular weight is 319 g/mol. The minimum Gasteiger partial charge on any atom is -0.380 e. The lowest BCUT2D eigenvalue weighted by Gasteiger charge is -2.27. The second-order valence-electron chi connectivity index (χ2n) is 5.82. The molecule has 0 spiro atoms. The summed E-state index contributed by atoms with van der Waals surface area (Å²) >= 11 is 0. The fourth-order valence-corrected chi connectivity index (χ4v) is 4.46. The second kappa shape index (κ2) is 6.36. The van der Waals surface area contributed by atoms with Crippen LogP contribution in [0.2, 0.25) is 0 Å². The highest BCUT2D eigenvalue weighted by Gasteiger charge is 2.31. The summed E-state index contributed by atoms with van der Waals surface area (Å²) in [7, 11) is -1.65. The molecule has 0 bridgehead atoms.